The summed E-state index contributed by atoms with van der Waals surface area (Å²) >= 11 is 0. The molecule has 0 aliphatic carbocycles. The lowest BCUT2D eigenvalue weighted by atomic mass is 10.2. The highest BCUT2D eigenvalue weighted by Crippen LogP contribution is 2.26. The molecule has 1 saturated heterocycles. The fourth-order valence-corrected chi connectivity index (χ4v) is 4.54. The number of nitrogens with zero attached hydrogens (tertiary/aromatic N) is 5. The minimum absolute atomic E-state index is 0.186. The zero-order valence-corrected chi connectivity index (χ0v) is 16.9. The average Bonchev–Trinajstić information content (AvgIpc) is 3.30. The van der Waals surface area contributed by atoms with Crippen LogP contribution in [0.15, 0.2) is 41.1 Å². The van der Waals surface area contributed by atoms with Crippen LogP contribution in [0.25, 0.3) is 11.0 Å². The number of anilines is 1. The quantitative estimate of drug-likeness (QED) is 0.681. The highest BCUT2D eigenvalue weighted by atomic mass is 16.5. The number of aromatic nitrogens is 2. The van der Waals surface area contributed by atoms with Crippen molar-refractivity contribution in [3.8, 4) is 0 Å². The summed E-state index contributed by atoms with van der Waals surface area (Å²) in [5.41, 5.74) is 2.89. The van der Waals surface area contributed by atoms with Gasteiger partial charge >= 0.3 is 0 Å². The monoisotopic (exact) mass is 393 g/mol. The van der Waals surface area contributed by atoms with Crippen molar-refractivity contribution >= 4 is 22.7 Å². The molecule has 0 spiro atoms. The number of fused-ring (bicyclic) bond motifs is 2. The molecule has 1 aromatic carbocycles. The van der Waals surface area contributed by atoms with E-state index in [0.717, 1.165) is 81.0 Å². The molecule has 2 aliphatic heterocycles. The summed E-state index contributed by atoms with van der Waals surface area (Å²) in [7, 11) is 2.03. The predicted molar refractivity (Wildman–Crippen MR) is 112 cm³/mol. The van der Waals surface area contributed by atoms with Gasteiger partial charge < -0.3 is 18.9 Å². The van der Waals surface area contributed by atoms with Crippen LogP contribution >= 0.6 is 0 Å². The smallest absolute Gasteiger partial charge is 0.255 e. The highest BCUT2D eigenvalue weighted by Gasteiger charge is 2.26. The molecule has 0 N–H and O–H groups in total. The minimum atomic E-state index is 0.186. The molecule has 7 nitrogen and oxygen atoms in total. The lowest BCUT2D eigenvalue weighted by Gasteiger charge is -2.35. The molecule has 0 atom stereocenters. The van der Waals surface area contributed by atoms with E-state index in [1.807, 2.05) is 42.4 Å². The van der Waals surface area contributed by atoms with Crippen LogP contribution in [0.4, 0.5) is 5.82 Å². The zero-order valence-electron chi connectivity index (χ0n) is 16.9. The van der Waals surface area contributed by atoms with Gasteiger partial charge in [0.15, 0.2) is 11.4 Å². The van der Waals surface area contributed by atoms with Gasteiger partial charge in [-0.05, 0) is 31.0 Å². The van der Waals surface area contributed by atoms with Gasteiger partial charge in [0.25, 0.3) is 5.91 Å². The second-order valence-electron chi connectivity index (χ2n) is 8.01. The molecule has 4 heterocycles. The minimum Gasteiger partial charge on any atom is -0.354 e. The van der Waals surface area contributed by atoms with Gasteiger partial charge in [-0.2, -0.15) is 0 Å². The number of benzene rings is 1. The summed E-state index contributed by atoms with van der Waals surface area (Å²) in [6, 6.07) is 9.99. The molecule has 7 heteroatoms. The second kappa shape index (κ2) is 7.55. The molecule has 29 heavy (non-hydrogen) atoms. The van der Waals surface area contributed by atoms with Crippen LogP contribution in [-0.2, 0) is 13.5 Å². The number of carbonyl (C=O) groups is 1. The Bertz CT molecular complexity index is 1020. The summed E-state index contributed by atoms with van der Waals surface area (Å²) in [5, 5.41) is 5.36. The average molecular weight is 393 g/mol. The predicted octanol–water partition coefficient (Wildman–Crippen LogP) is 2.38. The van der Waals surface area contributed by atoms with Crippen molar-refractivity contribution in [2.45, 2.75) is 12.8 Å². The molecule has 5 rings (SSSR count). The van der Waals surface area contributed by atoms with Crippen LogP contribution in [0.2, 0.25) is 0 Å². The lowest BCUT2D eigenvalue weighted by molar-refractivity contribution is 0.0739. The topological polar surface area (TPSA) is 57.8 Å². The van der Waals surface area contributed by atoms with Crippen LogP contribution in [0.1, 0.15) is 22.5 Å². The van der Waals surface area contributed by atoms with Gasteiger partial charge in [-0.15, -0.1) is 0 Å². The number of aryl methyl sites for hydroxylation is 1. The van der Waals surface area contributed by atoms with Crippen molar-refractivity contribution in [1.29, 1.82) is 0 Å². The number of hydrogen-bond donors (Lipinski definition) is 0. The third kappa shape index (κ3) is 3.40. The maximum Gasteiger partial charge on any atom is 0.255 e. The zero-order chi connectivity index (χ0) is 19.8. The van der Waals surface area contributed by atoms with Gasteiger partial charge in [-0.1, -0.05) is 17.3 Å². The Morgan fingerprint density at radius 2 is 1.86 bits per heavy atom. The summed E-state index contributed by atoms with van der Waals surface area (Å²) in [6.45, 7) is 6.35. The van der Waals surface area contributed by atoms with E-state index in [-0.39, 0.29) is 5.91 Å². The Labute approximate surface area is 170 Å². The van der Waals surface area contributed by atoms with Gasteiger partial charge in [0.1, 0.15) is 0 Å². The van der Waals surface area contributed by atoms with Gasteiger partial charge in [-0.3, -0.25) is 9.69 Å². The van der Waals surface area contributed by atoms with Gasteiger partial charge in [-0.25, -0.2) is 0 Å². The van der Waals surface area contributed by atoms with Gasteiger partial charge in [0.05, 0.1) is 10.9 Å². The Hall–Kier alpha value is -2.80. The maximum atomic E-state index is 12.9. The van der Waals surface area contributed by atoms with E-state index in [0.29, 0.717) is 0 Å². The fourth-order valence-electron chi connectivity index (χ4n) is 4.54. The summed E-state index contributed by atoms with van der Waals surface area (Å²) in [4.78, 5) is 19.7. The molecule has 2 aliphatic rings. The molecule has 0 saturated carbocycles. The van der Waals surface area contributed by atoms with Crippen molar-refractivity contribution in [3.05, 3.63) is 47.8 Å². The molecule has 0 radical (unpaired) electrons. The van der Waals surface area contributed by atoms with Crippen molar-refractivity contribution in [1.82, 2.24) is 19.5 Å². The molecular weight excluding hydrogens is 366 g/mol. The van der Waals surface area contributed by atoms with Crippen LogP contribution in [0.5, 0.6) is 0 Å². The van der Waals surface area contributed by atoms with Crippen LogP contribution in [0.3, 0.4) is 0 Å². The largest absolute Gasteiger partial charge is 0.354 e. The molecule has 1 amide bonds. The standard InChI is InChI=1S/C22H27N5O2/c1-24-10-8-17-19(24)6-4-9-27(22(17)28)16-13-25-11-14-26(15-12-25)21-18-5-2-3-7-20(18)29-23-21/h2-3,5,7-8,10H,4,6,9,11-16H2,1H3. The fraction of sp³-hybridized carbons (Fsp3) is 0.455. The Morgan fingerprint density at radius 3 is 2.72 bits per heavy atom. The first kappa shape index (κ1) is 18.2. The van der Waals surface area contributed by atoms with E-state index in [4.69, 9.17) is 4.52 Å². The van der Waals surface area contributed by atoms with Crippen molar-refractivity contribution in [2.75, 3.05) is 50.7 Å². The van der Waals surface area contributed by atoms with Crippen LogP contribution in [0, 0.1) is 0 Å². The molecule has 0 bridgehead atoms. The first-order valence-corrected chi connectivity index (χ1v) is 10.5. The molecule has 152 valence electrons. The highest BCUT2D eigenvalue weighted by molar-refractivity contribution is 5.96. The molecule has 3 aromatic rings. The van der Waals surface area contributed by atoms with E-state index in [9.17, 15) is 4.79 Å². The second-order valence-corrected chi connectivity index (χ2v) is 8.01. The summed E-state index contributed by atoms with van der Waals surface area (Å²) in [6.07, 6.45) is 4.01. The molecule has 2 aromatic heterocycles. The van der Waals surface area contributed by atoms with Crippen molar-refractivity contribution in [3.63, 3.8) is 0 Å². The first-order valence-electron chi connectivity index (χ1n) is 10.5. The summed E-state index contributed by atoms with van der Waals surface area (Å²) in [5.74, 6) is 1.13. The number of carbonyl (C=O) groups excluding carboxylic acids is 1. The first-order chi connectivity index (χ1) is 14.2. The lowest BCUT2D eigenvalue weighted by Crippen LogP contribution is -2.49. The van der Waals surface area contributed by atoms with Crippen molar-refractivity contribution < 1.29 is 9.32 Å². The number of para-hydroxylation sites is 1. The van der Waals surface area contributed by atoms with Crippen LogP contribution < -0.4 is 4.90 Å². The number of rotatable bonds is 4. The maximum absolute atomic E-state index is 12.9. The Kier molecular flexibility index (Phi) is 4.75. The van der Waals surface area contributed by atoms with Crippen molar-refractivity contribution in [2.24, 2.45) is 7.05 Å². The number of amides is 1. The normalized spacial score (nSPS) is 18.3. The van der Waals surface area contributed by atoms with E-state index in [1.165, 1.54) is 5.69 Å². The third-order valence-corrected chi connectivity index (χ3v) is 6.28. The van der Waals surface area contributed by atoms with Gasteiger partial charge in [0.2, 0.25) is 0 Å². The SMILES string of the molecule is Cn1ccc2c1CCCN(CCN1CCN(c3noc4ccccc34)CC1)C2=O. The molecule has 1 fully saturated rings. The van der Waals surface area contributed by atoms with E-state index in [1.54, 1.807) is 0 Å². The molecular formula is C22H27N5O2. The van der Waals surface area contributed by atoms with E-state index in [2.05, 4.69) is 25.6 Å². The number of piperazine rings is 1. The third-order valence-electron chi connectivity index (χ3n) is 6.28. The van der Waals surface area contributed by atoms with E-state index < -0.39 is 0 Å². The van der Waals surface area contributed by atoms with Gasteiger partial charge in [0, 0.05) is 64.8 Å². The Morgan fingerprint density at radius 1 is 1.03 bits per heavy atom. The number of hydrogen-bond acceptors (Lipinski definition) is 5. The molecule has 0 unspecified atom stereocenters. The Balaban J connectivity index is 1.18. The van der Waals surface area contributed by atoms with Crippen LogP contribution in [-0.4, -0.2) is 71.2 Å². The van der Waals surface area contributed by atoms with E-state index >= 15 is 0 Å². The summed E-state index contributed by atoms with van der Waals surface area (Å²) < 4.78 is 7.55.